The normalized spacial score (nSPS) is 12.0. The second-order valence-corrected chi connectivity index (χ2v) is 4.70. The third kappa shape index (κ3) is 2.66. The van der Waals surface area contributed by atoms with Gasteiger partial charge in [-0.2, -0.15) is 0 Å². The maximum atomic E-state index is 12.0. The molecule has 0 saturated heterocycles. The fourth-order valence-corrected chi connectivity index (χ4v) is 2.41. The van der Waals surface area contributed by atoms with Crippen molar-refractivity contribution in [1.82, 2.24) is 0 Å². The molecule has 6 heteroatoms. The first-order valence-electron chi connectivity index (χ1n) is 6.63. The smallest absolute Gasteiger partial charge is 0.338 e. The summed E-state index contributed by atoms with van der Waals surface area (Å²) in [5.74, 6) is -1.13. The van der Waals surface area contributed by atoms with Gasteiger partial charge in [0.25, 0.3) is 0 Å². The van der Waals surface area contributed by atoms with Crippen LogP contribution >= 0.6 is 0 Å². The summed E-state index contributed by atoms with van der Waals surface area (Å²) < 4.78 is 9.54. The van der Waals surface area contributed by atoms with Crippen molar-refractivity contribution in [3.63, 3.8) is 0 Å². The second kappa shape index (κ2) is 6.55. The molecule has 22 heavy (non-hydrogen) atoms. The van der Waals surface area contributed by atoms with Gasteiger partial charge in [-0.15, -0.1) is 0 Å². The summed E-state index contributed by atoms with van der Waals surface area (Å²) in [6.07, 6.45) is 0. The Balaban J connectivity index is 2.87. The number of fused-ring (bicyclic) bond motifs is 1. The van der Waals surface area contributed by atoms with Gasteiger partial charge in [0.1, 0.15) is 0 Å². The summed E-state index contributed by atoms with van der Waals surface area (Å²) >= 11 is 0. The zero-order valence-electron chi connectivity index (χ0n) is 12.3. The van der Waals surface area contributed by atoms with Crippen molar-refractivity contribution in [2.24, 2.45) is 5.73 Å². The highest BCUT2D eigenvalue weighted by molar-refractivity contribution is 6.14. The minimum Gasteiger partial charge on any atom is -0.465 e. The van der Waals surface area contributed by atoms with Crippen LogP contribution in [0.2, 0.25) is 0 Å². The minimum atomic E-state index is -0.623. The van der Waals surface area contributed by atoms with Crippen molar-refractivity contribution >= 4 is 22.7 Å². The van der Waals surface area contributed by atoms with Crippen LogP contribution in [0.3, 0.4) is 0 Å². The van der Waals surface area contributed by atoms with Gasteiger partial charge in [0.05, 0.1) is 38.0 Å². The molecule has 0 saturated carbocycles. The molecule has 2 aromatic carbocycles. The molecule has 0 aromatic heterocycles. The molecule has 0 aliphatic carbocycles. The van der Waals surface area contributed by atoms with Crippen LogP contribution in [0.1, 0.15) is 32.3 Å². The van der Waals surface area contributed by atoms with Crippen LogP contribution < -0.4 is 5.73 Å². The Labute approximate surface area is 127 Å². The maximum Gasteiger partial charge on any atom is 0.338 e. The molecular weight excluding hydrogens is 286 g/mol. The van der Waals surface area contributed by atoms with Crippen LogP contribution in [-0.2, 0) is 9.47 Å². The Morgan fingerprint density at radius 2 is 1.68 bits per heavy atom. The Bertz CT molecular complexity index is 704. The molecule has 0 radical (unpaired) electrons. The lowest BCUT2D eigenvalue weighted by atomic mass is 9.92. The predicted molar refractivity (Wildman–Crippen MR) is 80.6 cm³/mol. The zero-order chi connectivity index (χ0) is 16.3. The number of rotatable bonds is 4. The van der Waals surface area contributed by atoms with Crippen molar-refractivity contribution < 1.29 is 24.2 Å². The number of benzene rings is 2. The molecule has 0 aliphatic rings. The molecule has 0 spiro atoms. The Hall–Kier alpha value is -2.44. The third-order valence-corrected chi connectivity index (χ3v) is 3.48. The van der Waals surface area contributed by atoms with E-state index in [0.717, 1.165) is 0 Å². The summed E-state index contributed by atoms with van der Waals surface area (Å²) in [5.41, 5.74) is 7.02. The molecule has 0 unspecified atom stereocenters. The summed E-state index contributed by atoms with van der Waals surface area (Å²) in [6.45, 7) is -0.255. The molecule has 0 bridgehead atoms. The molecule has 0 heterocycles. The van der Waals surface area contributed by atoms with Gasteiger partial charge < -0.3 is 20.3 Å². The van der Waals surface area contributed by atoms with E-state index in [4.69, 9.17) is 15.2 Å². The standard InChI is InChI=1S/C16H17NO5/c1-21-15(19)11-5-3-4-10-9(13(17)8-18)6-7-12(14(10)11)16(20)22-2/h3-7,13,18H,8,17H2,1-2H3/t13-/m1/s1. The number of methoxy groups -OCH3 is 2. The van der Waals surface area contributed by atoms with Crippen molar-refractivity contribution in [3.05, 3.63) is 47.0 Å². The highest BCUT2D eigenvalue weighted by atomic mass is 16.5. The van der Waals surface area contributed by atoms with Crippen LogP contribution in [-0.4, -0.2) is 37.9 Å². The van der Waals surface area contributed by atoms with E-state index in [1.165, 1.54) is 20.3 Å². The van der Waals surface area contributed by atoms with Gasteiger partial charge in [-0.3, -0.25) is 0 Å². The predicted octanol–water partition coefficient (Wildman–Crippen LogP) is 1.41. The number of ether oxygens (including phenoxy) is 2. The number of hydrogen-bond acceptors (Lipinski definition) is 6. The second-order valence-electron chi connectivity index (χ2n) is 4.70. The number of nitrogens with two attached hydrogens (primary N) is 1. The lowest BCUT2D eigenvalue weighted by Gasteiger charge is -2.16. The molecule has 2 rings (SSSR count). The maximum absolute atomic E-state index is 12.0. The van der Waals surface area contributed by atoms with E-state index in [0.29, 0.717) is 16.3 Å². The SMILES string of the molecule is COC(=O)c1cccc2c([C@H](N)CO)ccc(C(=O)OC)c12. The Morgan fingerprint density at radius 1 is 1.09 bits per heavy atom. The van der Waals surface area contributed by atoms with Gasteiger partial charge in [0, 0.05) is 5.39 Å². The monoisotopic (exact) mass is 303 g/mol. The average molecular weight is 303 g/mol. The molecule has 6 nitrogen and oxygen atoms in total. The first-order valence-corrected chi connectivity index (χ1v) is 6.63. The molecular formula is C16H17NO5. The fraction of sp³-hybridized carbons (Fsp3) is 0.250. The Kier molecular flexibility index (Phi) is 4.75. The largest absolute Gasteiger partial charge is 0.465 e. The van der Waals surface area contributed by atoms with Crippen molar-refractivity contribution in [3.8, 4) is 0 Å². The summed E-state index contributed by atoms with van der Waals surface area (Å²) in [7, 11) is 2.53. The van der Waals surface area contributed by atoms with E-state index in [1.54, 1.807) is 24.3 Å². The van der Waals surface area contributed by atoms with Crippen LogP contribution in [0.5, 0.6) is 0 Å². The number of hydrogen-bond donors (Lipinski definition) is 2. The van der Waals surface area contributed by atoms with Crippen LogP contribution in [0.15, 0.2) is 30.3 Å². The van der Waals surface area contributed by atoms with Crippen LogP contribution in [0.4, 0.5) is 0 Å². The molecule has 116 valence electrons. The topological polar surface area (TPSA) is 98.9 Å². The molecule has 1 atom stereocenters. The summed E-state index contributed by atoms with van der Waals surface area (Å²) in [4.78, 5) is 24.0. The highest BCUT2D eigenvalue weighted by Crippen LogP contribution is 2.30. The zero-order valence-corrected chi connectivity index (χ0v) is 12.3. The van der Waals surface area contributed by atoms with Gasteiger partial charge in [0.15, 0.2) is 0 Å². The number of esters is 2. The van der Waals surface area contributed by atoms with Crippen molar-refractivity contribution in [2.75, 3.05) is 20.8 Å². The fourth-order valence-electron chi connectivity index (χ4n) is 2.41. The number of aliphatic hydroxyl groups is 1. The molecule has 3 N–H and O–H groups in total. The van der Waals surface area contributed by atoms with E-state index in [-0.39, 0.29) is 17.7 Å². The third-order valence-electron chi connectivity index (χ3n) is 3.48. The minimum absolute atomic E-state index is 0.243. The van der Waals surface area contributed by atoms with Gasteiger partial charge in [-0.1, -0.05) is 18.2 Å². The lowest BCUT2D eigenvalue weighted by molar-refractivity contribution is 0.0601. The van der Waals surface area contributed by atoms with Gasteiger partial charge in [0.2, 0.25) is 0 Å². The molecule has 0 amide bonds. The van der Waals surface area contributed by atoms with E-state index in [2.05, 4.69) is 0 Å². The van der Waals surface area contributed by atoms with E-state index in [9.17, 15) is 14.7 Å². The van der Waals surface area contributed by atoms with E-state index >= 15 is 0 Å². The van der Waals surface area contributed by atoms with Gasteiger partial charge >= 0.3 is 11.9 Å². The summed E-state index contributed by atoms with van der Waals surface area (Å²) in [5, 5.41) is 10.3. The highest BCUT2D eigenvalue weighted by Gasteiger charge is 2.21. The summed E-state index contributed by atoms with van der Waals surface area (Å²) in [6, 6.07) is 7.53. The molecule has 0 aliphatic heterocycles. The number of aliphatic hydroxyl groups excluding tert-OH is 1. The van der Waals surface area contributed by atoms with Gasteiger partial charge in [-0.05, 0) is 23.1 Å². The lowest BCUT2D eigenvalue weighted by Crippen LogP contribution is -2.16. The average Bonchev–Trinajstić information content (AvgIpc) is 2.58. The number of carbonyl (C=O) groups excluding carboxylic acids is 2. The van der Waals surface area contributed by atoms with E-state index < -0.39 is 18.0 Å². The van der Waals surface area contributed by atoms with Crippen LogP contribution in [0.25, 0.3) is 10.8 Å². The Morgan fingerprint density at radius 3 is 2.23 bits per heavy atom. The molecule has 0 fully saturated rings. The van der Waals surface area contributed by atoms with E-state index in [1.807, 2.05) is 0 Å². The van der Waals surface area contributed by atoms with Crippen LogP contribution in [0, 0.1) is 0 Å². The van der Waals surface area contributed by atoms with Gasteiger partial charge in [-0.25, -0.2) is 9.59 Å². The first kappa shape index (κ1) is 15.9. The molecule has 2 aromatic rings. The quantitative estimate of drug-likeness (QED) is 0.828. The van der Waals surface area contributed by atoms with Crippen molar-refractivity contribution in [2.45, 2.75) is 6.04 Å². The van der Waals surface area contributed by atoms with Crippen molar-refractivity contribution in [1.29, 1.82) is 0 Å². The first-order chi connectivity index (χ1) is 10.5. The number of carbonyl (C=O) groups is 2.